The Balaban J connectivity index is 2.46. The highest BCUT2D eigenvalue weighted by atomic mass is 16.6. The lowest BCUT2D eigenvalue weighted by Gasteiger charge is -2.33. The molecule has 0 spiro atoms. The molecule has 0 saturated heterocycles. The Bertz CT molecular complexity index is 699. The molecule has 0 aliphatic carbocycles. The number of benzene rings is 1. The average molecular weight is 346 g/mol. The molecule has 1 aliphatic rings. The first-order chi connectivity index (χ1) is 11.9. The molecule has 5 nitrogen and oxygen atoms in total. The van der Waals surface area contributed by atoms with Crippen LogP contribution in [0.25, 0.3) is 0 Å². The third kappa shape index (κ3) is 4.04. The van der Waals surface area contributed by atoms with Gasteiger partial charge in [0, 0.05) is 18.2 Å². The maximum Gasteiger partial charge on any atom is 0.342 e. The van der Waals surface area contributed by atoms with E-state index in [1.165, 1.54) is 13.2 Å². The highest BCUT2D eigenvalue weighted by molar-refractivity contribution is 5.97. The van der Waals surface area contributed by atoms with Gasteiger partial charge in [0.1, 0.15) is 29.3 Å². The van der Waals surface area contributed by atoms with Crippen LogP contribution in [-0.2, 0) is 15.9 Å². The molecule has 0 bridgehead atoms. The monoisotopic (exact) mass is 346 g/mol. The minimum Gasteiger partial charge on any atom is -0.508 e. The number of cyclic esters (lactones) is 1. The number of allylic oxidation sites excluding steroid dienone is 4. The van der Waals surface area contributed by atoms with Crippen LogP contribution in [0.5, 0.6) is 11.5 Å². The number of rotatable bonds is 6. The van der Waals surface area contributed by atoms with E-state index < -0.39 is 18.2 Å². The van der Waals surface area contributed by atoms with E-state index in [0.717, 1.165) is 12.0 Å². The first-order valence-corrected chi connectivity index (χ1v) is 8.46. The molecule has 2 N–H and O–H groups in total. The van der Waals surface area contributed by atoms with E-state index in [4.69, 9.17) is 9.47 Å². The Labute approximate surface area is 148 Å². The predicted molar refractivity (Wildman–Crippen MR) is 95.9 cm³/mol. The predicted octanol–water partition coefficient (Wildman–Crippen LogP) is 4.19. The molecule has 5 heteroatoms. The molecule has 136 valence electrons. The number of aromatic hydroxyl groups is 2. The zero-order valence-electron chi connectivity index (χ0n) is 15.2. The maximum absolute atomic E-state index is 12.5. The summed E-state index contributed by atoms with van der Waals surface area (Å²) >= 11 is 0. The van der Waals surface area contributed by atoms with Crippen LogP contribution in [0.2, 0.25) is 0 Å². The molecule has 0 radical (unpaired) electrons. The van der Waals surface area contributed by atoms with E-state index in [-0.39, 0.29) is 17.1 Å². The average Bonchev–Trinajstić information content (AvgIpc) is 2.56. The molecule has 0 unspecified atom stereocenters. The van der Waals surface area contributed by atoms with Crippen LogP contribution in [0.1, 0.15) is 61.2 Å². The molecular formula is C20H26O5. The third-order valence-electron chi connectivity index (χ3n) is 4.32. The highest BCUT2D eigenvalue weighted by Crippen LogP contribution is 2.44. The fourth-order valence-corrected chi connectivity index (χ4v) is 3.04. The molecule has 0 saturated carbocycles. The fraction of sp³-hybridized carbons (Fsp3) is 0.450. The first kappa shape index (κ1) is 19.1. The quantitative estimate of drug-likeness (QED) is 0.459. The molecule has 0 aromatic heterocycles. The number of phenolic OH excluding ortho intramolecular Hbond substituents is 2. The van der Waals surface area contributed by atoms with Gasteiger partial charge in [0.25, 0.3) is 0 Å². The van der Waals surface area contributed by atoms with Crippen molar-refractivity contribution in [1.29, 1.82) is 0 Å². The van der Waals surface area contributed by atoms with Gasteiger partial charge >= 0.3 is 5.97 Å². The second-order valence-corrected chi connectivity index (χ2v) is 6.42. The van der Waals surface area contributed by atoms with Crippen molar-refractivity contribution in [2.75, 3.05) is 7.11 Å². The van der Waals surface area contributed by atoms with Crippen molar-refractivity contribution in [2.24, 2.45) is 0 Å². The summed E-state index contributed by atoms with van der Waals surface area (Å²) in [4.78, 5) is 12.5. The van der Waals surface area contributed by atoms with Crippen molar-refractivity contribution in [3.63, 3.8) is 0 Å². The topological polar surface area (TPSA) is 76.0 Å². The van der Waals surface area contributed by atoms with Crippen LogP contribution in [0.3, 0.4) is 0 Å². The van der Waals surface area contributed by atoms with Gasteiger partial charge in [-0.1, -0.05) is 23.8 Å². The molecule has 1 aromatic rings. The number of carbonyl (C=O) groups excluding carboxylic acids is 1. The van der Waals surface area contributed by atoms with Crippen molar-refractivity contribution in [2.45, 2.75) is 52.2 Å². The summed E-state index contributed by atoms with van der Waals surface area (Å²) in [6, 6.07) is 1.50. The highest BCUT2D eigenvalue weighted by Gasteiger charge is 2.40. The normalized spacial score (nSPS) is 19.6. The third-order valence-corrected chi connectivity index (χ3v) is 4.32. The Hall–Kier alpha value is -2.27. The first-order valence-electron chi connectivity index (χ1n) is 8.46. The van der Waals surface area contributed by atoms with Crippen LogP contribution < -0.4 is 0 Å². The second-order valence-electron chi connectivity index (χ2n) is 6.42. The van der Waals surface area contributed by atoms with Gasteiger partial charge in [0.15, 0.2) is 0 Å². The second kappa shape index (κ2) is 8.21. The van der Waals surface area contributed by atoms with Crippen molar-refractivity contribution in [3.05, 3.63) is 46.6 Å². The smallest absolute Gasteiger partial charge is 0.342 e. The number of hydrogen-bond acceptors (Lipinski definition) is 5. The molecule has 1 aliphatic heterocycles. The molecule has 2 rings (SSSR count). The van der Waals surface area contributed by atoms with Crippen LogP contribution >= 0.6 is 0 Å². The van der Waals surface area contributed by atoms with Crippen molar-refractivity contribution in [1.82, 2.24) is 0 Å². The van der Waals surface area contributed by atoms with Gasteiger partial charge in [0.2, 0.25) is 0 Å². The minimum absolute atomic E-state index is 0.00582. The summed E-state index contributed by atoms with van der Waals surface area (Å²) in [5.41, 5.74) is 1.88. The van der Waals surface area contributed by atoms with Gasteiger partial charge < -0.3 is 19.7 Å². The Morgan fingerprint density at radius 2 is 2.08 bits per heavy atom. The van der Waals surface area contributed by atoms with Crippen LogP contribution in [0.15, 0.2) is 29.9 Å². The molecule has 0 amide bonds. The van der Waals surface area contributed by atoms with Gasteiger partial charge in [-0.3, -0.25) is 0 Å². The van der Waals surface area contributed by atoms with Gasteiger partial charge in [0.05, 0.1) is 0 Å². The number of fused-ring (bicyclic) bond motifs is 1. The van der Waals surface area contributed by atoms with E-state index in [1.807, 2.05) is 39.0 Å². The molecule has 1 heterocycles. The summed E-state index contributed by atoms with van der Waals surface area (Å²) in [6.07, 6.45) is 6.45. The number of hydrogen-bond donors (Lipinski definition) is 2. The summed E-state index contributed by atoms with van der Waals surface area (Å²) in [5, 5.41) is 21.1. The van der Waals surface area contributed by atoms with E-state index in [9.17, 15) is 15.0 Å². The minimum atomic E-state index is -0.624. The van der Waals surface area contributed by atoms with Gasteiger partial charge in [-0.05, 0) is 46.1 Å². The Kier molecular flexibility index (Phi) is 6.26. The molecule has 2 atom stereocenters. The van der Waals surface area contributed by atoms with Gasteiger partial charge in [-0.25, -0.2) is 4.79 Å². The van der Waals surface area contributed by atoms with E-state index in [2.05, 4.69) is 0 Å². The molecule has 1 aromatic carbocycles. The standard InChI is InChI=1S/C20H26O5/c1-5-6-7-8-15-19(24-4)16-14(21)11-13(10-9-12(2)3)18(22)17(16)20(23)25-15/h5-6,9,11,15,19,21-22H,7-8,10H2,1-4H3/b6-5+/t15-,19-/m0/s1. The number of ether oxygens (including phenoxy) is 2. The molecular weight excluding hydrogens is 320 g/mol. The molecule has 0 fully saturated rings. The number of carbonyl (C=O) groups is 1. The van der Waals surface area contributed by atoms with Crippen molar-refractivity contribution in [3.8, 4) is 11.5 Å². The van der Waals surface area contributed by atoms with Gasteiger partial charge in [-0.2, -0.15) is 0 Å². The number of methoxy groups -OCH3 is 1. The Morgan fingerprint density at radius 3 is 2.68 bits per heavy atom. The van der Waals surface area contributed by atoms with Crippen LogP contribution in [0, 0.1) is 0 Å². The lowest BCUT2D eigenvalue weighted by atomic mass is 9.89. The largest absolute Gasteiger partial charge is 0.508 e. The van der Waals surface area contributed by atoms with Crippen LogP contribution in [-0.4, -0.2) is 29.4 Å². The Morgan fingerprint density at radius 1 is 1.36 bits per heavy atom. The van der Waals surface area contributed by atoms with E-state index >= 15 is 0 Å². The lowest BCUT2D eigenvalue weighted by molar-refractivity contribution is -0.0504. The SMILES string of the molecule is C/C=C/CC[C@@H]1OC(=O)c2c(O)c(CC=C(C)C)cc(O)c2[C@H]1OC. The number of esters is 1. The zero-order valence-corrected chi connectivity index (χ0v) is 15.2. The van der Waals surface area contributed by atoms with E-state index in [0.29, 0.717) is 24.0 Å². The van der Waals surface area contributed by atoms with Crippen molar-refractivity contribution < 1.29 is 24.5 Å². The van der Waals surface area contributed by atoms with Crippen molar-refractivity contribution >= 4 is 5.97 Å². The summed E-state index contributed by atoms with van der Waals surface area (Å²) in [6.45, 7) is 5.81. The summed E-state index contributed by atoms with van der Waals surface area (Å²) in [7, 11) is 1.50. The van der Waals surface area contributed by atoms with Gasteiger partial charge in [-0.15, -0.1) is 0 Å². The van der Waals surface area contributed by atoms with Crippen LogP contribution in [0.4, 0.5) is 0 Å². The zero-order chi connectivity index (χ0) is 18.6. The fourth-order valence-electron chi connectivity index (χ4n) is 3.04. The summed E-state index contributed by atoms with van der Waals surface area (Å²) in [5.74, 6) is -0.825. The van der Waals surface area contributed by atoms with E-state index in [1.54, 1.807) is 0 Å². The summed E-state index contributed by atoms with van der Waals surface area (Å²) < 4.78 is 11.0. The number of phenols is 2. The molecule has 25 heavy (non-hydrogen) atoms. The lowest BCUT2D eigenvalue weighted by Crippen LogP contribution is -2.33. The maximum atomic E-state index is 12.5.